The second-order valence-corrected chi connectivity index (χ2v) is 9.42. The predicted molar refractivity (Wildman–Crippen MR) is 127 cm³/mol. The third-order valence-electron chi connectivity index (χ3n) is 5.94. The number of aliphatic carboxylic acids is 1. The van der Waals surface area contributed by atoms with Crippen LogP contribution in [0.2, 0.25) is 0 Å². The minimum Gasteiger partial charge on any atom is -0.479 e. The van der Waals surface area contributed by atoms with Crippen LogP contribution in [0.15, 0.2) is 29.4 Å². The Morgan fingerprint density at radius 3 is 2.46 bits per heavy atom. The van der Waals surface area contributed by atoms with E-state index in [4.69, 9.17) is 26.6 Å². The van der Waals surface area contributed by atoms with Gasteiger partial charge in [0.25, 0.3) is 5.69 Å². The number of ether oxygens (including phenoxy) is 2. The largest absolute Gasteiger partial charge is 0.508 e. The van der Waals surface area contributed by atoms with Crippen LogP contribution in [0.1, 0.15) is 39.2 Å². The van der Waals surface area contributed by atoms with Crippen molar-refractivity contribution in [3.63, 3.8) is 0 Å². The van der Waals surface area contributed by atoms with Gasteiger partial charge in [0.05, 0.1) is 4.92 Å². The quantitative estimate of drug-likeness (QED) is 0.0330. The molecule has 1 N–H and O–H groups in total. The van der Waals surface area contributed by atoms with Gasteiger partial charge < -0.3 is 19.5 Å². The minimum absolute atomic E-state index is 0.128. The summed E-state index contributed by atoms with van der Waals surface area (Å²) in [4.78, 5) is 63.4. The van der Waals surface area contributed by atoms with E-state index in [1.807, 2.05) is 0 Å². The molecule has 14 nitrogen and oxygen atoms in total. The predicted octanol–water partition coefficient (Wildman–Crippen LogP) is 3.80. The highest BCUT2D eigenvalue weighted by Crippen LogP contribution is 2.38. The number of rotatable bonds is 13. The Labute approximate surface area is 216 Å². The maximum Gasteiger partial charge on any atom is 0.508 e. The number of likely N-dealkylation sites (tertiary alicyclic amines) is 1. The van der Waals surface area contributed by atoms with Crippen LogP contribution in [-0.2, 0) is 30.5 Å². The van der Waals surface area contributed by atoms with E-state index in [1.165, 1.54) is 45.0 Å². The third kappa shape index (κ3) is 7.08. The third-order valence-corrected chi connectivity index (χ3v) is 6.43. The molecule has 15 heteroatoms. The van der Waals surface area contributed by atoms with Crippen LogP contribution in [-0.4, -0.2) is 62.9 Å². The summed E-state index contributed by atoms with van der Waals surface area (Å²) in [6, 6.07) is 3.44. The molecule has 0 saturated carbocycles. The summed E-state index contributed by atoms with van der Waals surface area (Å²) in [7, 11) is 0. The number of ketones is 1. The van der Waals surface area contributed by atoms with Gasteiger partial charge in [0, 0.05) is 29.0 Å². The molecule has 1 fully saturated rings. The molecule has 4 unspecified atom stereocenters. The van der Waals surface area contributed by atoms with Crippen LogP contribution in [0.25, 0.3) is 10.4 Å². The molecular formula is C22H26ClN5O9. The Morgan fingerprint density at radius 1 is 1.32 bits per heavy atom. The maximum absolute atomic E-state index is 13.0. The van der Waals surface area contributed by atoms with E-state index in [1.54, 1.807) is 0 Å². The fraction of sp³-hybridized carbons (Fsp3) is 0.545. The van der Waals surface area contributed by atoms with Crippen LogP contribution < -0.4 is 0 Å². The molecule has 1 aliphatic rings. The summed E-state index contributed by atoms with van der Waals surface area (Å²) in [5, 5.41) is 23.8. The van der Waals surface area contributed by atoms with Gasteiger partial charge >= 0.3 is 12.1 Å². The Balaban J connectivity index is 1.98. The first-order valence-corrected chi connectivity index (χ1v) is 11.6. The van der Waals surface area contributed by atoms with Crippen molar-refractivity contribution in [2.75, 3.05) is 6.54 Å². The van der Waals surface area contributed by atoms with E-state index in [0.717, 1.165) is 4.90 Å². The van der Waals surface area contributed by atoms with Gasteiger partial charge in [-0.3, -0.25) is 19.7 Å². The summed E-state index contributed by atoms with van der Waals surface area (Å²) in [5.74, 6) is -4.19. The first kappa shape index (κ1) is 29.3. The molecule has 1 aromatic carbocycles. The lowest BCUT2D eigenvalue weighted by Crippen LogP contribution is -2.69. The number of nitro groups is 1. The highest BCUT2D eigenvalue weighted by atomic mass is 35.5. The zero-order valence-electron chi connectivity index (χ0n) is 20.3. The molecule has 1 aromatic rings. The fourth-order valence-corrected chi connectivity index (χ4v) is 4.32. The molecule has 2 rings (SSSR count). The van der Waals surface area contributed by atoms with Gasteiger partial charge in [0.15, 0.2) is 11.8 Å². The fourth-order valence-electron chi connectivity index (χ4n) is 3.80. The van der Waals surface area contributed by atoms with Crippen molar-refractivity contribution in [1.82, 2.24) is 4.90 Å². The van der Waals surface area contributed by atoms with Gasteiger partial charge in [0.2, 0.25) is 5.91 Å². The van der Waals surface area contributed by atoms with Crippen molar-refractivity contribution in [1.29, 1.82) is 0 Å². The van der Waals surface area contributed by atoms with E-state index in [0.29, 0.717) is 12.0 Å². The Morgan fingerprint density at radius 2 is 1.95 bits per heavy atom. The summed E-state index contributed by atoms with van der Waals surface area (Å²) < 4.78 is 10.1. The molecule has 1 saturated heterocycles. The first-order valence-electron chi connectivity index (χ1n) is 11.1. The van der Waals surface area contributed by atoms with Gasteiger partial charge in [0.1, 0.15) is 24.1 Å². The summed E-state index contributed by atoms with van der Waals surface area (Å²) >= 11 is 6.29. The van der Waals surface area contributed by atoms with E-state index >= 15 is 0 Å². The Bertz CT molecular complexity index is 1100. The highest BCUT2D eigenvalue weighted by molar-refractivity contribution is 6.26. The zero-order chi connectivity index (χ0) is 27.9. The van der Waals surface area contributed by atoms with Crippen molar-refractivity contribution < 1.29 is 38.7 Å². The van der Waals surface area contributed by atoms with Crippen molar-refractivity contribution >= 4 is 41.1 Å². The molecule has 4 atom stereocenters. The lowest BCUT2D eigenvalue weighted by Gasteiger charge is -2.48. The van der Waals surface area contributed by atoms with Gasteiger partial charge in [-0.15, -0.1) is 0 Å². The number of benzene rings is 1. The normalized spacial score (nSPS) is 18.6. The molecule has 1 heterocycles. The number of hydrogen-bond acceptors (Lipinski definition) is 9. The Hall–Kier alpha value is -3.90. The van der Waals surface area contributed by atoms with Crippen molar-refractivity contribution in [2.45, 2.75) is 57.9 Å². The summed E-state index contributed by atoms with van der Waals surface area (Å²) in [5.41, 5.74) is 6.30. The van der Waals surface area contributed by atoms with E-state index in [2.05, 4.69) is 10.0 Å². The van der Waals surface area contributed by atoms with Crippen molar-refractivity contribution in [3.8, 4) is 0 Å². The average molecular weight is 540 g/mol. The molecule has 1 amide bonds. The number of halogens is 1. The van der Waals surface area contributed by atoms with E-state index < -0.39 is 57.7 Å². The van der Waals surface area contributed by atoms with Gasteiger partial charge in [-0.2, -0.15) is 0 Å². The number of nitro benzene ring substituents is 1. The van der Waals surface area contributed by atoms with Gasteiger partial charge in [-0.25, -0.2) is 9.59 Å². The molecule has 200 valence electrons. The molecule has 0 aliphatic carbocycles. The topological polar surface area (TPSA) is 202 Å². The zero-order valence-corrected chi connectivity index (χ0v) is 21.0. The second kappa shape index (κ2) is 12.4. The van der Waals surface area contributed by atoms with Gasteiger partial charge in [-0.05, 0) is 43.0 Å². The van der Waals surface area contributed by atoms with Crippen LogP contribution in [0, 0.1) is 21.4 Å². The van der Waals surface area contributed by atoms with E-state index in [9.17, 15) is 34.4 Å². The monoisotopic (exact) mass is 539 g/mol. The van der Waals surface area contributed by atoms with Gasteiger partial charge in [-0.1, -0.05) is 30.6 Å². The molecule has 0 radical (unpaired) electrons. The summed E-state index contributed by atoms with van der Waals surface area (Å²) in [6.45, 7) is 4.31. The highest BCUT2D eigenvalue weighted by Gasteiger charge is 2.57. The number of hydrogen-bond donors (Lipinski definition) is 1. The lowest BCUT2D eigenvalue weighted by atomic mass is 9.78. The van der Waals surface area contributed by atoms with Crippen LogP contribution >= 0.6 is 11.6 Å². The number of amides is 1. The summed E-state index contributed by atoms with van der Waals surface area (Å²) in [6.07, 6.45) is -1.68. The smallest absolute Gasteiger partial charge is 0.479 e. The number of carbonyl (C=O) groups is 4. The van der Waals surface area contributed by atoms with Crippen molar-refractivity contribution in [3.05, 3.63) is 50.4 Å². The number of non-ortho nitro benzene ring substituents is 1. The number of carboxylic acids is 1. The number of carbonyl (C=O) groups excluding carboxylic acids is 3. The number of Topliss-reactive ketones (excluding diaryl/α,β-unsaturated/α-hetero) is 1. The molecule has 1 aliphatic heterocycles. The van der Waals surface area contributed by atoms with Crippen LogP contribution in [0.4, 0.5) is 10.5 Å². The minimum atomic E-state index is -1.85. The molecule has 0 aromatic heterocycles. The lowest BCUT2D eigenvalue weighted by molar-refractivity contribution is -0.384. The standard InChI is InChI=1S/C22H26ClN5O9/c1-12(37-21(33)36-11-13-5-7-14(8-6-13)28(34)35)15-18(23)27(19(15)30)16(20(31)32)17(29)22(2,3)9-4-10-25-26-24/h5-8,12,15-16,18H,4,9-11H2,1-3H3,(H,31,32). The molecular weight excluding hydrogens is 514 g/mol. The number of nitrogens with zero attached hydrogens (tertiary/aromatic N) is 5. The maximum atomic E-state index is 13.0. The molecule has 0 spiro atoms. The average Bonchev–Trinajstić information content (AvgIpc) is 2.83. The number of β-lactam (4-membered cyclic amide) rings is 1. The van der Waals surface area contributed by atoms with Crippen molar-refractivity contribution in [2.24, 2.45) is 16.4 Å². The number of carboxylic acid groups (broad SMARTS) is 1. The van der Waals surface area contributed by atoms with Crippen LogP contribution in [0.5, 0.6) is 0 Å². The number of azide groups is 1. The molecule has 37 heavy (non-hydrogen) atoms. The van der Waals surface area contributed by atoms with Crippen LogP contribution in [0.3, 0.4) is 0 Å². The second-order valence-electron chi connectivity index (χ2n) is 8.98. The molecule has 0 bridgehead atoms. The first-order chi connectivity index (χ1) is 17.3. The Kier molecular flexibility index (Phi) is 9.81. The SMILES string of the molecule is CC(OC(=O)OCc1ccc([N+](=O)[O-])cc1)C1C(=O)N(C(C(=O)O)C(=O)C(C)(C)CCCN=[N+]=[N-])C1Cl. The van der Waals surface area contributed by atoms with E-state index in [-0.39, 0.29) is 25.3 Å². The number of alkyl halides is 1.